The highest BCUT2D eigenvalue weighted by Gasteiger charge is 2.16. The lowest BCUT2D eigenvalue weighted by molar-refractivity contribution is 0.0958. The van der Waals surface area contributed by atoms with Gasteiger partial charge in [0.2, 0.25) is 5.82 Å². The maximum absolute atomic E-state index is 13.4. The Balaban J connectivity index is 1.82. The SMILES string of the molecule is COc1ccc(F)cc1C(=O)Cn1nnc(-c2cccc(F)c2)n1. The van der Waals surface area contributed by atoms with Gasteiger partial charge in [-0.15, -0.1) is 10.2 Å². The molecule has 24 heavy (non-hydrogen) atoms. The van der Waals surface area contributed by atoms with E-state index in [9.17, 15) is 13.6 Å². The first-order valence-corrected chi connectivity index (χ1v) is 6.97. The van der Waals surface area contributed by atoms with Crippen LogP contribution < -0.4 is 4.74 Å². The van der Waals surface area contributed by atoms with Gasteiger partial charge in [-0.05, 0) is 35.5 Å². The predicted octanol–water partition coefficient (Wildman–Crippen LogP) is 2.51. The van der Waals surface area contributed by atoms with Gasteiger partial charge < -0.3 is 4.74 Å². The maximum Gasteiger partial charge on any atom is 0.205 e. The third-order valence-electron chi connectivity index (χ3n) is 3.28. The standard InChI is InChI=1S/C16H12F2N4O2/c1-24-15-6-5-12(18)8-13(15)14(23)9-22-20-16(19-21-22)10-3-2-4-11(17)7-10/h2-8H,9H2,1H3. The zero-order valence-corrected chi connectivity index (χ0v) is 12.6. The minimum Gasteiger partial charge on any atom is -0.496 e. The number of Topliss-reactive ketones (excluding diaryl/α,β-unsaturated/α-hetero) is 1. The number of hydrogen-bond acceptors (Lipinski definition) is 5. The molecule has 3 aromatic rings. The zero-order chi connectivity index (χ0) is 17.1. The van der Waals surface area contributed by atoms with Crippen LogP contribution >= 0.6 is 0 Å². The van der Waals surface area contributed by atoms with Crippen molar-refractivity contribution < 1.29 is 18.3 Å². The van der Waals surface area contributed by atoms with Gasteiger partial charge in [0, 0.05) is 5.56 Å². The van der Waals surface area contributed by atoms with Crippen molar-refractivity contribution in [3.8, 4) is 17.1 Å². The molecule has 0 atom stereocenters. The topological polar surface area (TPSA) is 69.9 Å². The zero-order valence-electron chi connectivity index (χ0n) is 12.6. The number of halogens is 2. The van der Waals surface area contributed by atoms with Gasteiger partial charge in [-0.25, -0.2) is 8.78 Å². The third kappa shape index (κ3) is 3.27. The molecule has 6 nitrogen and oxygen atoms in total. The summed E-state index contributed by atoms with van der Waals surface area (Å²) in [6.07, 6.45) is 0. The molecule has 0 unspecified atom stereocenters. The molecule has 0 saturated carbocycles. The molecule has 0 bridgehead atoms. The fraction of sp³-hybridized carbons (Fsp3) is 0.125. The van der Waals surface area contributed by atoms with E-state index in [1.807, 2.05) is 0 Å². The summed E-state index contributed by atoms with van der Waals surface area (Å²) in [5, 5.41) is 11.6. The molecule has 0 radical (unpaired) electrons. The lowest BCUT2D eigenvalue weighted by Crippen LogP contribution is -2.14. The van der Waals surface area contributed by atoms with E-state index in [1.165, 1.54) is 37.4 Å². The Morgan fingerprint density at radius 2 is 1.96 bits per heavy atom. The Labute approximate surface area is 135 Å². The van der Waals surface area contributed by atoms with Crippen LogP contribution in [-0.4, -0.2) is 33.1 Å². The van der Waals surface area contributed by atoms with Gasteiger partial charge in [0.05, 0.1) is 12.7 Å². The van der Waals surface area contributed by atoms with Crippen molar-refractivity contribution in [1.82, 2.24) is 20.2 Å². The number of methoxy groups -OCH3 is 1. The number of nitrogens with zero attached hydrogens (tertiary/aromatic N) is 4. The first-order chi connectivity index (χ1) is 11.6. The minimum atomic E-state index is -0.550. The van der Waals surface area contributed by atoms with Crippen molar-refractivity contribution >= 4 is 5.78 Å². The van der Waals surface area contributed by atoms with E-state index >= 15 is 0 Å². The Morgan fingerprint density at radius 3 is 2.71 bits per heavy atom. The molecule has 122 valence electrons. The van der Waals surface area contributed by atoms with Gasteiger partial charge in [0.25, 0.3) is 0 Å². The van der Waals surface area contributed by atoms with Gasteiger partial charge in [-0.1, -0.05) is 12.1 Å². The largest absolute Gasteiger partial charge is 0.496 e. The first kappa shape index (κ1) is 15.7. The predicted molar refractivity (Wildman–Crippen MR) is 80.5 cm³/mol. The van der Waals surface area contributed by atoms with Crippen LogP contribution in [0.3, 0.4) is 0 Å². The number of hydrogen-bond donors (Lipinski definition) is 0. The van der Waals surface area contributed by atoms with Crippen molar-refractivity contribution in [2.45, 2.75) is 6.54 Å². The molecule has 0 aliphatic heterocycles. The number of ether oxygens (including phenoxy) is 1. The van der Waals surface area contributed by atoms with Crippen molar-refractivity contribution in [2.75, 3.05) is 7.11 Å². The number of carbonyl (C=O) groups is 1. The molecule has 0 amide bonds. The molecule has 0 fully saturated rings. The number of rotatable bonds is 5. The second kappa shape index (κ2) is 6.53. The normalized spacial score (nSPS) is 10.6. The van der Waals surface area contributed by atoms with Crippen LogP contribution in [0.4, 0.5) is 8.78 Å². The van der Waals surface area contributed by atoms with E-state index < -0.39 is 17.4 Å². The van der Waals surface area contributed by atoms with Gasteiger partial charge in [-0.3, -0.25) is 4.79 Å². The molecular formula is C16H12F2N4O2. The molecule has 8 heteroatoms. The fourth-order valence-electron chi connectivity index (χ4n) is 2.17. The summed E-state index contributed by atoms with van der Waals surface area (Å²) >= 11 is 0. The van der Waals surface area contributed by atoms with E-state index in [0.29, 0.717) is 5.56 Å². The van der Waals surface area contributed by atoms with Gasteiger partial charge >= 0.3 is 0 Å². The molecular weight excluding hydrogens is 318 g/mol. The summed E-state index contributed by atoms with van der Waals surface area (Å²) in [5.74, 6) is -0.967. The van der Waals surface area contributed by atoms with Crippen LogP contribution in [-0.2, 0) is 6.54 Å². The molecule has 0 aliphatic rings. The molecule has 2 aromatic carbocycles. The van der Waals surface area contributed by atoms with Crippen LogP contribution in [0.15, 0.2) is 42.5 Å². The van der Waals surface area contributed by atoms with Crippen LogP contribution in [0.25, 0.3) is 11.4 Å². The summed E-state index contributed by atoms with van der Waals surface area (Å²) in [5.41, 5.74) is 0.527. The number of aromatic nitrogens is 4. The highest BCUT2D eigenvalue weighted by Crippen LogP contribution is 2.20. The summed E-state index contributed by atoms with van der Waals surface area (Å²) in [4.78, 5) is 13.4. The van der Waals surface area contributed by atoms with Crippen molar-refractivity contribution in [3.05, 3.63) is 59.7 Å². The summed E-state index contributed by atoms with van der Waals surface area (Å²) < 4.78 is 31.6. The highest BCUT2D eigenvalue weighted by atomic mass is 19.1. The minimum absolute atomic E-state index is 0.0853. The lowest BCUT2D eigenvalue weighted by Gasteiger charge is -2.06. The monoisotopic (exact) mass is 330 g/mol. The Bertz CT molecular complexity index is 895. The molecule has 3 rings (SSSR count). The van der Waals surface area contributed by atoms with Crippen LogP contribution in [0.5, 0.6) is 5.75 Å². The Morgan fingerprint density at radius 1 is 1.17 bits per heavy atom. The maximum atomic E-state index is 13.4. The highest BCUT2D eigenvalue weighted by molar-refractivity contribution is 5.98. The van der Waals surface area contributed by atoms with Crippen LogP contribution in [0, 0.1) is 11.6 Å². The quantitative estimate of drug-likeness (QED) is 0.672. The van der Waals surface area contributed by atoms with Crippen LogP contribution in [0.1, 0.15) is 10.4 Å². The third-order valence-corrected chi connectivity index (χ3v) is 3.28. The average molecular weight is 330 g/mol. The molecule has 0 spiro atoms. The smallest absolute Gasteiger partial charge is 0.205 e. The Kier molecular flexibility index (Phi) is 4.28. The van der Waals surface area contributed by atoms with E-state index in [4.69, 9.17) is 4.74 Å². The second-order valence-electron chi connectivity index (χ2n) is 4.92. The number of carbonyl (C=O) groups excluding carboxylic acids is 1. The molecule has 0 aliphatic carbocycles. The van der Waals surface area contributed by atoms with Crippen molar-refractivity contribution in [2.24, 2.45) is 0 Å². The average Bonchev–Trinajstić information content (AvgIpc) is 3.03. The van der Waals surface area contributed by atoms with Gasteiger partial charge in [-0.2, -0.15) is 4.80 Å². The molecule has 0 saturated heterocycles. The van der Waals surface area contributed by atoms with E-state index in [2.05, 4.69) is 15.4 Å². The lowest BCUT2D eigenvalue weighted by atomic mass is 10.1. The van der Waals surface area contributed by atoms with E-state index in [1.54, 1.807) is 6.07 Å². The van der Waals surface area contributed by atoms with Crippen LogP contribution in [0.2, 0.25) is 0 Å². The van der Waals surface area contributed by atoms with Crippen molar-refractivity contribution in [3.63, 3.8) is 0 Å². The number of benzene rings is 2. The summed E-state index contributed by atoms with van der Waals surface area (Å²) in [6, 6.07) is 9.37. The Hall–Kier alpha value is -3.16. The second-order valence-corrected chi connectivity index (χ2v) is 4.92. The fourth-order valence-corrected chi connectivity index (χ4v) is 2.17. The molecule has 1 aromatic heterocycles. The number of tetrazole rings is 1. The van der Waals surface area contributed by atoms with E-state index in [-0.39, 0.29) is 23.7 Å². The van der Waals surface area contributed by atoms with Gasteiger partial charge in [0.1, 0.15) is 23.9 Å². The summed E-state index contributed by atoms with van der Waals surface area (Å²) in [6.45, 7) is -0.248. The van der Waals surface area contributed by atoms with Crippen molar-refractivity contribution in [1.29, 1.82) is 0 Å². The molecule has 0 N–H and O–H groups in total. The first-order valence-electron chi connectivity index (χ1n) is 6.97. The molecule has 1 heterocycles. The summed E-state index contributed by atoms with van der Waals surface area (Å²) in [7, 11) is 1.39. The number of ketones is 1. The van der Waals surface area contributed by atoms with E-state index in [0.717, 1.165) is 10.9 Å². The van der Waals surface area contributed by atoms with Gasteiger partial charge in [0.15, 0.2) is 5.78 Å².